The Morgan fingerprint density at radius 2 is 1.81 bits per heavy atom. The van der Waals surface area contributed by atoms with E-state index in [-0.39, 0.29) is 29.1 Å². The Labute approximate surface area is 203 Å². The van der Waals surface area contributed by atoms with Gasteiger partial charge < -0.3 is 16.0 Å². The Morgan fingerprint density at radius 3 is 2.44 bits per heavy atom. The largest absolute Gasteiger partial charge is 0.416 e. The number of hydrogen-bond donors (Lipinski definition) is 2. The van der Waals surface area contributed by atoms with E-state index < -0.39 is 17.6 Å². The molecule has 0 aliphatic rings. The lowest BCUT2D eigenvalue weighted by atomic mass is 10.1. The van der Waals surface area contributed by atoms with Crippen LogP contribution < -0.4 is 11.1 Å². The minimum Gasteiger partial charge on any atom is -0.382 e. The van der Waals surface area contributed by atoms with Crippen molar-refractivity contribution in [3.05, 3.63) is 71.9 Å². The van der Waals surface area contributed by atoms with Crippen molar-refractivity contribution in [3.63, 3.8) is 0 Å². The summed E-state index contributed by atoms with van der Waals surface area (Å²) < 4.78 is 40.5. The third-order valence-corrected chi connectivity index (χ3v) is 5.81. The molecule has 4 aromatic rings. The molecule has 1 unspecified atom stereocenters. The summed E-state index contributed by atoms with van der Waals surface area (Å²) >= 11 is 0. The van der Waals surface area contributed by atoms with Crippen LogP contribution in [0.5, 0.6) is 0 Å². The molecule has 0 aliphatic carbocycles. The first-order valence-electron chi connectivity index (χ1n) is 10.8. The molecule has 12 heteroatoms. The van der Waals surface area contributed by atoms with Crippen molar-refractivity contribution in [2.24, 2.45) is 0 Å². The van der Waals surface area contributed by atoms with Gasteiger partial charge in [0, 0.05) is 43.7 Å². The standard InChI is InChI=1S/C24H22F3N7O2/c1-13(33(3)14(2)35)22-32-19(20-21(28)30-10-11-34(20)22)15-4-6-16(7-5-15)23(36)31-18-12-17(8-9-29-18)24(25,26)27/h4-13H,1-3H3,(H2,28,30)(H,29,31,36). The Bertz CT molecular complexity index is 1450. The molecular weight excluding hydrogens is 475 g/mol. The number of benzene rings is 1. The first-order chi connectivity index (χ1) is 17.0. The number of nitrogen functional groups attached to an aromatic ring is 1. The lowest BCUT2D eigenvalue weighted by molar-refractivity contribution is -0.137. The van der Waals surface area contributed by atoms with Crippen LogP contribution in [-0.4, -0.2) is 43.1 Å². The number of anilines is 2. The van der Waals surface area contributed by atoms with Crippen LogP contribution in [0.2, 0.25) is 0 Å². The lowest BCUT2D eigenvalue weighted by Crippen LogP contribution is -2.28. The number of carbonyl (C=O) groups excluding carboxylic acids is 2. The van der Waals surface area contributed by atoms with Gasteiger partial charge in [-0.3, -0.25) is 14.0 Å². The molecule has 36 heavy (non-hydrogen) atoms. The van der Waals surface area contributed by atoms with E-state index in [0.29, 0.717) is 22.6 Å². The molecule has 3 aromatic heterocycles. The topological polar surface area (TPSA) is 119 Å². The molecule has 1 atom stereocenters. The average molecular weight is 497 g/mol. The third-order valence-electron chi connectivity index (χ3n) is 5.81. The van der Waals surface area contributed by atoms with E-state index in [9.17, 15) is 22.8 Å². The number of amides is 2. The van der Waals surface area contributed by atoms with E-state index in [4.69, 9.17) is 10.7 Å². The summed E-state index contributed by atoms with van der Waals surface area (Å²) in [5.41, 5.74) is 7.12. The monoisotopic (exact) mass is 497 g/mol. The van der Waals surface area contributed by atoms with Crippen molar-refractivity contribution in [1.82, 2.24) is 24.3 Å². The van der Waals surface area contributed by atoms with E-state index in [0.717, 1.165) is 18.3 Å². The van der Waals surface area contributed by atoms with Gasteiger partial charge in [-0.25, -0.2) is 15.0 Å². The van der Waals surface area contributed by atoms with Crippen LogP contribution in [0.1, 0.15) is 41.6 Å². The molecule has 0 saturated heterocycles. The third kappa shape index (κ3) is 4.69. The van der Waals surface area contributed by atoms with Crippen molar-refractivity contribution in [1.29, 1.82) is 0 Å². The maximum atomic E-state index is 12.9. The highest BCUT2D eigenvalue weighted by molar-refractivity contribution is 6.04. The SMILES string of the molecule is CC(=O)N(C)C(C)c1nc(-c2ccc(C(=O)Nc3cc(C(F)(F)F)ccn3)cc2)c2c(N)nccn12. The minimum atomic E-state index is -4.55. The highest BCUT2D eigenvalue weighted by Gasteiger charge is 2.31. The number of nitrogens with two attached hydrogens (primary N) is 1. The van der Waals surface area contributed by atoms with Gasteiger partial charge in [0.15, 0.2) is 0 Å². The minimum absolute atomic E-state index is 0.131. The van der Waals surface area contributed by atoms with Gasteiger partial charge in [-0.1, -0.05) is 12.1 Å². The van der Waals surface area contributed by atoms with Crippen LogP contribution in [0.4, 0.5) is 24.8 Å². The van der Waals surface area contributed by atoms with Crippen molar-refractivity contribution in [2.75, 3.05) is 18.1 Å². The lowest BCUT2D eigenvalue weighted by Gasteiger charge is -2.22. The Kier molecular flexibility index (Phi) is 6.35. The van der Waals surface area contributed by atoms with Gasteiger partial charge in [0.25, 0.3) is 5.91 Å². The van der Waals surface area contributed by atoms with Crippen LogP contribution in [0, 0.1) is 0 Å². The van der Waals surface area contributed by atoms with Crippen LogP contribution in [-0.2, 0) is 11.0 Å². The number of halogens is 3. The average Bonchev–Trinajstić information content (AvgIpc) is 3.24. The van der Waals surface area contributed by atoms with Crippen LogP contribution >= 0.6 is 0 Å². The predicted molar refractivity (Wildman–Crippen MR) is 127 cm³/mol. The highest BCUT2D eigenvalue weighted by Crippen LogP contribution is 2.32. The number of aromatic nitrogens is 4. The van der Waals surface area contributed by atoms with Crippen LogP contribution in [0.15, 0.2) is 55.0 Å². The van der Waals surface area contributed by atoms with E-state index >= 15 is 0 Å². The molecule has 0 bridgehead atoms. The molecule has 0 fully saturated rings. The Hall–Kier alpha value is -4.48. The highest BCUT2D eigenvalue weighted by atomic mass is 19.4. The Balaban J connectivity index is 1.65. The molecule has 0 aliphatic heterocycles. The quantitative estimate of drug-likeness (QED) is 0.427. The van der Waals surface area contributed by atoms with E-state index in [1.165, 1.54) is 25.3 Å². The number of hydrogen-bond acceptors (Lipinski definition) is 6. The summed E-state index contributed by atoms with van der Waals surface area (Å²) in [6, 6.07) is 7.54. The van der Waals surface area contributed by atoms with E-state index in [1.54, 1.807) is 34.7 Å². The van der Waals surface area contributed by atoms with Gasteiger partial charge in [-0.05, 0) is 31.2 Å². The molecule has 2 amide bonds. The Morgan fingerprint density at radius 1 is 1.11 bits per heavy atom. The molecule has 3 heterocycles. The second kappa shape index (κ2) is 9.29. The first-order valence-corrected chi connectivity index (χ1v) is 10.8. The van der Waals surface area contributed by atoms with Gasteiger partial charge in [0.2, 0.25) is 5.91 Å². The summed E-state index contributed by atoms with van der Waals surface area (Å²) in [4.78, 5) is 38.7. The number of nitrogens with one attached hydrogen (secondary N) is 1. The number of rotatable bonds is 5. The maximum absolute atomic E-state index is 12.9. The number of nitrogens with zero attached hydrogens (tertiary/aromatic N) is 5. The zero-order chi connectivity index (χ0) is 26.2. The summed E-state index contributed by atoms with van der Waals surface area (Å²) in [6.07, 6.45) is -0.339. The first kappa shape index (κ1) is 24.6. The van der Waals surface area contributed by atoms with Crippen LogP contribution in [0.3, 0.4) is 0 Å². The van der Waals surface area contributed by atoms with Crippen molar-refractivity contribution in [2.45, 2.75) is 26.1 Å². The van der Waals surface area contributed by atoms with Crippen molar-refractivity contribution < 1.29 is 22.8 Å². The molecule has 9 nitrogen and oxygen atoms in total. The summed E-state index contributed by atoms with van der Waals surface area (Å²) in [5.74, 6) is -0.160. The fourth-order valence-corrected chi connectivity index (χ4v) is 3.67. The number of carbonyl (C=O) groups is 2. The summed E-state index contributed by atoms with van der Waals surface area (Å²) in [7, 11) is 1.67. The molecule has 4 rings (SSSR count). The van der Waals surface area contributed by atoms with Gasteiger partial charge in [0.05, 0.1) is 11.6 Å². The van der Waals surface area contributed by atoms with E-state index in [2.05, 4.69) is 15.3 Å². The molecule has 186 valence electrons. The number of fused-ring (bicyclic) bond motifs is 1. The number of pyridine rings is 1. The van der Waals surface area contributed by atoms with E-state index in [1.807, 2.05) is 6.92 Å². The zero-order valence-electron chi connectivity index (χ0n) is 19.5. The molecule has 1 aromatic carbocycles. The second-order valence-electron chi connectivity index (χ2n) is 8.11. The van der Waals surface area contributed by atoms with Crippen LogP contribution in [0.25, 0.3) is 16.8 Å². The molecule has 0 spiro atoms. The fourth-order valence-electron chi connectivity index (χ4n) is 3.67. The van der Waals surface area contributed by atoms with Crippen molar-refractivity contribution >= 4 is 29.0 Å². The smallest absolute Gasteiger partial charge is 0.382 e. The fraction of sp³-hybridized carbons (Fsp3) is 0.208. The number of imidazole rings is 1. The molecular formula is C24H22F3N7O2. The van der Waals surface area contributed by atoms with Gasteiger partial charge in [-0.15, -0.1) is 0 Å². The van der Waals surface area contributed by atoms with Crippen molar-refractivity contribution in [3.8, 4) is 11.3 Å². The predicted octanol–water partition coefficient (Wildman–Crippen LogP) is 4.18. The second-order valence-corrected chi connectivity index (χ2v) is 8.11. The van der Waals surface area contributed by atoms with Gasteiger partial charge in [0.1, 0.15) is 28.7 Å². The molecule has 0 radical (unpaired) electrons. The molecule has 0 saturated carbocycles. The molecule has 3 N–H and O–H groups in total. The zero-order valence-corrected chi connectivity index (χ0v) is 19.5. The normalized spacial score (nSPS) is 12.4. The van der Waals surface area contributed by atoms with Gasteiger partial charge in [-0.2, -0.15) is 13.2 Å². The number of alkyl halides is 3. The maximum Gasteiger partial charge on any atom is 0.416 e. The summed E-state index contributed by atoms with van der Waals surface area (Å²) in [5, 5.41) is 2.37. The summed E-state index contributed by atoms with van der Waals surface area (Å²) in [6.45, 7) is 3.30. The van der Waals surface area contributed by atoms with Gasteiger partial charge >= 0.3 is 6.18 Å².